The Hall–Kier alpha value is -3.97. The van der Waals surface area contributed by atoms with Gasteiger partial charge >= 0.3 is 0 Å². The molecule has 4 aromatic rings. The molecule has 0 unspecified atom stereocenters. The molecule has 1 fully saturated rings. The lowest BCUT2D eigenvalue weighted by Crippen LogP contribution is -2.33. The summed E-state index contributed by atoms with van der Waals surface area (Å²) in [5.41, 5.74) is 4.66. The summed E-state index contributed by atoms with van der Waals surface area (Å²) in [4.78, 5) is 2.49. The van der Waals surface area contributed by atoms with Crippen LogP contribution in [0.1, 0.15) is 26.2 Å². The zero-order valence-corrected chi connectivity index (χ0v) is 23.1. The first-order valence-electron chi connectivity index (χ1n) is 13.7. The van der Waals surface area contributed by atoms with E-state index in [4.69, 9.17) is 24.0 Å². The first-order chi connectivity index (χ1) is 19.2. The molecule has 0 N–H and O–H groups in total. The van der Waals surface area contributed by atoms with E-state index in [-0.39, 0.29) is 0 Å². The maximum Gasteiger partial charge on any atom is 0.203 e. The van der Waals surface area contributed by atoms with E-state index < -0.39 is 0 Å². The summed E-state index contributed by atoms with van der Waals surface area (Å²) >= 11 is 0. The number of nitrogens with zero attached hydrogens (tertiary/aromatic N) is 3. The lowest BCUT2D eigenvalue weighted by Gasteiger charge is -2.26. The van der Waals surface area contributed by atoms with E-state index in [0.717, 1.165) is 40.5 Å². The summed E-state index contributed by atoms with van der Waals surface area (Å²) < 4.78 is 25.2. The van der Waals surface area contributed by atoms with Gasteiger partial charge in [0.05, 0.1) is 37.9 Å². The van der Waals surface area contributed by atoms with Gasteiger partial charge < -0.3 is 18.9 Å². The molecule has 204 valence electrons. The molecule has 1 saturated heterocycles. The number of piperidine rings is 1. The zero-order chi connectivity index (χ0) is 27.0. The third kappa shape index (κ3) is 6.20. The van der Waals surface area contributed by atoms with Crippen molar-refractivity contribution in [2.24, 2.45) is 0 Å². The van der Waals surface area contributed by atoms with E-state index in [9.17, 15) is 0 Å². The predicted molar refractivity (Wildman–Crippen MR) is 154 cm³/mol. The first kappa shape index (κ1) is 26.6. The Labute approximate surface area is 230 Å². The fourth-order valence-electron chi connectivity index (χ4n) is 5.01. The quantitative estimate of drug-likeness (QED) is 0.222. The Balaban J connectivity index is 1.44. The van der Waals surface area contributed by atoms with Gasteiger partial charge in [0.1, 0.15) is 12.4 Å². The van der Waals surface area contributed by atoms with Crippen LogP contribution in [0, 0.1) is 0 Å². The van der Waals surface area contributed by atoms with Crippen molar-refractivity contribution in [3.63, 3.8) is 0 Å². The van der Waals surface area contributed by atoms with Crippen molar-refractivity contribution in [1.29, 1.82) is 0 Å². The number of hydrogen-bond donors (Lipinski definition) is 0. The van der Waals surface area contributed by atoms with Gasteiger partial charge in [0.2, 0.25) is 5.75 Å². The molecule has 5 rings (SSSR count). The molecule has 1 aliphatic heterocycles. The predicted octanol–water partition coefficient (Wildman–Crippen LogP) is 6.49. The second kappa shape index (κ2) is 12.7. The van der Waals surface area contributed by atoms with Crippen LogP contribution in [0.3, 0.4) is 0 Å². The highest BCUT2D eigenvalue weighted by molar-refractivity contribution is 5.74. The minimum Gasteiger partial charge on any atom is -0.493 e. The van der Waals surface area contributed by atoms with Gasteiger partial charge in [0, 0.05) is 17.7 Å². The van der Waals surface area contributed by atoms with E-state index in [1.54, 1.807) is 14.2 Å². The van der Waals surface area contributed by atoms with Gasteiger partial charge in [0.15, 0.2) is 11.5 Å². The summed E-state index contributed by atoms with van der Waals surface area (Å²) in [6.07, 6.45) is 3.94. The minimum atomic E-state index is 0.510. The number of likely N-dealkylation sites (tertiary alicyclic amines) is 1. The van der Waals surface area contributed by atoms with E-state index in [1.165, 1.54) is 32.4 Å². The van der Waals surface area contributed by atoms with E-state index in [0.29, 0.717) is 30.5 Å². The van der Waals surface area contributed by atoms with Crippen LogP contribution in [0.2, 0.25) is 0 Å². The average molecular weight is 528 g/mol. The summed E-state index contributed by atoms with van der Waals surface area (Å²) in [7, 11) is 3.27. The molecule has 7 nitrogen and oxygen atoms in total. The highest BCUT2D eigenvalue weighted by atomic mass is 16.5. The van der Waals surface area contributed by atoms with Crippen LogP contribution in [0.25, 0.3) is 28.2 Å². The lowest BCUT2D eigenvalue weighted by molar-refractivity contribution is 0.183. The van der Waals surface area contributed by atoms with Crippen LogP contribution in [0.15, 0.2) is 72.8 Å². The number of methoxy groups -OCH3 is 2. The molecule has 3 aromatic carbocycles. The van der Waals surface area contributed by atoms with Crippen LogP contribution >= 0.6 is 0 Å². The van der Waals surface area contributed by atoms with Gasteiger partial charge in [-0.05, 0) is 87.5 Å². The molecular weight excluding hydrogens is 490 g/mol. The maximum atomic E-state index is 6.04. The van der Waals surface area contributed by atoms with Crippen molar-refractivity contribution in [3.8, 4) is 51.2 Å². The van der Waals surface area contributed by atoms with Crippen molar-refractivity contribution >= 4 is 0 Å². The van der Waals surface area contributed by atoms with Gasteiger partial charge in [-0.2, -0.15) is 5.10 Å². The number of aromatic nitrogens is 2. The first-order valence-corrected chi connectivity index (χ1v) is 13.7. The molecule has 7 heteroatoms. The van der Waals surface area contributed by atoms with Crippen molar-refractivity contribution in [1.82, 2.24) is 14.7 Å². The number of ether oxygens (including phenoxy) is 4. The van der Waals surface area contributed by atoms with Crippen molar-refractivity contribution in [3.05, 3.63) is 72.8 Å². The Bertz CT molecular complexity index is 1320. The smallest absolute Gasteiger partial charge is 0.203 e. The largest absolute Gasteiger partial charge is 0.493 e. The molecule has 0 spiro atoms. The van der Waals surface area contributed by atoms with E-state index in [1.807, 2.05) is 66.2 Å². The summed E-state index contributed by atoms with van der Waals surface area (Å²) in [5, 5.41) is 5.01. The van der Waals surface area contributed by atoms with Gasteiger partial charge in [-0.3, -0.25) is 4.90 Å². The third-order valence-electron chi connectivity index (χ3n) is 7.03. The molecule has 0 radical (unpaired) electrons. The molecule has 2 heterocycles. The Morgan fingerprint density at radius 2 is 1.46 bits per heavy atom. The van der Waals surface area contributed by atoms with Crippen LogP contribution in [-0.4, -0.2) is 61.7 Å². The standard InChI is InChI=1S/C32H37N3O4/c1-4-38-32-30(36-2)21-25(22-31(32)37-3)29-23-28(33-35(29)26-11-7-5-8-12-26)24-13-15-27(16-14-24)39-20-19-34-17-9-6-10-18-34/h5,7-8,11-16,21-23H,4,6,9-10,17-20H2,1-3H3. The fourth-order valence-corrected chi connectivity index (χ4v) is 5.01. The zero-order valence-electron chi connectivity index (χ0n) is 23.1. The Kier molecular flexibility index (Phi) is 8.68. The van der Waals surface area contributed by atoms with Gasteiger partial charge in [-0.1, -0.05) is 24.6 Å². The lowest BCUT2D eigenvalue weighted by atomic mass is 10.1. The molecule has 1 aromatic heterocycles. The number of hydrogen-bond acceptors (Lipinski definition) is 6. The number of rotatable bonds is 11. The molecule has 0 amide bonds. The Morgan fingerprint density at radius 3 is 2.10 bits per heavy atom. The summed E-state index contributed by atoms with van der Waals surface area (Å²) in [5.74, 6) is 2.69. The second-order valence-corrected chi connectivity index (χ2v) is 9.58. The SMILES string of the molecule is CCOc1c(OC)cc(-c2cc(-c3ccc(OCCN4CCCCC4)cc3)nn2-c2ccccc2)cc1OC. The molecule has 39 heavy (non-hydrogen) atoms. The topological polar surface area (TPSA) is 58.0 Å². The van der Waals surface area contributed by atoms with E-state index >= 15 is 0 Å². The minimum absolute atomic E-state index is 0.510. The van der Waals surface area contributed by atoms with Crippen molar-refractivity contribution in [2.75, 3.05) is 47.1 Å². The molecule has 1 aliphatic rings. The van der Waals surface area contributed by atoms with Crippen LogP contribution in [-0.2, 0) is 0 Å². The monoisotopic (exact) mass is 527 g/mol. The summed E-state index contributed by atoms with van der Waals surface area (Å²) in [6, 6.07) is 24.3. The second-order valence-electron chi connectivity index (χ2n) is 9.58. The molecular formula is C32H37N3O4. The van der Waals surface area contributed by atoms with Gasteiger partial charge in [-0.15, -0.1) is 0 Å². The molecule has 0 bridgehead atoms. The van der Waals surface area contributed by atoms with Crippen LogP contribution < -0.4 is 18.9 Å². The van der Waals surface area contributed by atoms with Crippen molar-refractivity contribution in [2.45, 2.75) is 26.2 Å². The highest BCUT2D eigenvalue weighted by Gasteiger charge is 2.19. The van der Waals surface area contributed by atoms with Crippen LogP contribution in [0.4, 0.5) is 0 Å². The fraction of sp³-hybridized carbons (Fsp3) is 0.344. The average Bonchev–Trinajstić information content (AvgIpc) is 3.44. The highest BCUT2D eigenvalue weighted by Crippen LogP contribution is 2.42. The molecule has 0 aliphatic carbocycles. The van der Waals surface area contributed by atoms with Crippen LogP contribution in [0.5, 0.6) is 23.0 Å². The van der Waals surface area contributed by atoms with Gasteiger partial charge in [0.25, 0.3) is 0 Å². The molecule has 0 atom stereocenters. The molecule has 0 saturated carbocycles. The third-order valence-corrected chi connectivity index (χ3v) is 7.03. The van der Waals surface area contributed by atoms with E-state index in [2.05, 4.69) is 23.1 Å². The normalized spacial score (nSPS) is 13.7. The Morgan fingerprint density at radius 1 is 0.769 bits per heavy atom. The maximum absolute atomic E-state index is 6.04. The van der Waals surface area contributed by atoms with Crippen molar-refractivity contribution < 1.29 is 18.9 Å². The summed E-state index contributed by atoms with van der Waals surface area (Å²) in [6.45, 7) is 6.49. The number of para-hydroxylation sites is 1. The van der Waals surface area contributed by atoms with Gasteiger partial charge in [-0.25, -0.2) is 4.68 Å². The number of benzene rings is 3.